The SMILES string of the molecule is Cc1ccc([N+](=O)[O-])cc1N=C1SC[C@H](CC(C)C)N1CC(C)C. The normalized spacial score (nSPS) is 19.7. The van der Waals surface area contributed by atoms with Crippen LogP contribution < -0.4 is 0 Å². The molecule has 1 aliphatic rings. The molecular formula is C18H27N3O2S. The Kier molecular flexibility index (Phi) is 6.27. The predicted octanol–water partition coefficient (Wildman–Crippen LogP) is 5.01. The third kappa shape index (κ3) is 4.72. The first-order chi connectivity index (χ1) is 11.3. The first-order valence-corrected chi connectivity index (χ1v) is 9.49. The van der Waals surface area contributed by atoms with Crippen LogP contribution in [-0.2, 0) is 0 Å². The van der Waals surface area contributed by atoms with Crippen molar-refractivity contribution in [2.45, 2.75) is 47.1 Å². The molecule has 0 unspecified atom stereocenters. The van der Waals surface area contributed by atoms with Gasteiger partial charge in [0.25, 0.3) is 5.69 Å². The summed E-state index contributed by atoms with van der Waals surface area (Å²) in [5.74, 6) is 2.23. The van der Waals surface area contributed by atoms with Crippen molar-refractivity contribution in [2.75, 3.05) is 12.3 Å². The van der Waals surface area contributed by atoms with Crippen LogP contribution in [0.25, 0.3) is 0 Å². The lowest BCUT2D eigenvalue weighted by Crippen LogP contribution is -2.37. The molecule has 24 heavy (non-hydrogen) atoms. The van der Waals surface area contributed by atoms with E-state index in [1.165, 1.54) is 6.07 Å². The number of aliphatic imine (C=N–C) groups is 1. The van der Waals surface area contributed by atoms with Gasteiger partial charge in [0.2, 0.25) is 0 Å². The Bertz CT molecular complexity index is 629. The summed E-state index contributed by atoms with van der Waals surface area (Å²) >= 11 is 1.77. The number of nitrogens with zero attached hydrogens (tertiary/aromatic N) is 3. The van der Waals surface area contributed by atoms with E-state index in [-0.39, 0.29) is 10.6 Å². The molecule has 1 atom stereocenters. The van der Waals surface area contributed by atoms with Gasteiger partial charge in [-0.15, -0.1) is 0 Å². The fourth-order valence-electron chi connectivity index (χ4n) is 2.89. The monoisotopic (exact) mass is 349 g/mol. The third-order valence-electron chi connectivity index (χ3n) is 4.02. The number of hydrogen-bond donors (Lipinski definition) is 0. The Morgan fingerprint density at radius 1 is 1.33 bits per heavy atom. The van der Waals surface area contributed by atoms with Crippen LogP contribution in [0.4, 0.5) is 11.4 Å². The van der Waals surface area contributed by atoms with Crippen molar-refractivity contribution in [1.82, 2.24) is 4.90 Å². The standard InChI is InChI=1S/C18H27N3O2S/c1-12(2)8-16-11-24-18(20(16)10-13(3)4)19-17-9-15(21(22)23)7-6-14(17)5/h6-7,9,12-13,16H,8,10-11H2,1-5H3/t16-/m0/s1. The summed E-state index contributed by atoms with van der Waals surface area (Å²) in [6.07, 6.45) is 1.15. The highest BCUT2D eigenvalue weighted by molar-refractivity contribution is 8.14. The summed E-state index contributed by atoms with van der Waals surface area (Å²) in [5, 5.41) is 12.0. The highest BCUT2D eigenvalue weighted by Gasteiger charge is 2.31. The van der Waals surface area contributed by atoms with Crippen molar-refractivity contribution in [3.63, 3.8) is 0 Å². The van der Waals surface area contributed by atoms with E-state index in [4.69, 9.17) is 4.99 Å². The van der Waals surface area contributed by atoms with Crippen LogP contribution in [0.15, 0.2) is 23.2 Å². The van der Waals surface area contributed by atoms with Crippen LogP contribution in [0.2, 0.25) is 0 Å². The minimum Gasteiger partial charge on any atom is -0.347 e. The molecule has 0 aliphatic carbocycles. The Hall–Kier alpha value is -1.56. The molecule has 0 N–H and O–H groups in total. The van der Waals surface area contributed by atoms with Gasteiger partial charge in [0, 0.05) is 30.5 Å². The summed E-state index contributed by atoms with van der Waals surface area (Å²) in [6, 6.07) is 5.38. The zero-order valence-electron chi connectivity index (χ0n) is 15.2. The highest BCUT2D eigenvalue weighted by atomic mass is 32.2. The lowest BCUT2D eigenvalue weighted by atomic mass is 10.0. The van der Waals surface area contributed by atoms with Crippen LogP contribution in [0.3, 0.4) is 0 Å². The molecule has 1 saturated heterocycles. The third-order valence-corrected chi connectivity index (χ3v) is 5.15. The molecule has 2 rings (SSSR count). The molecule has 132 valence electrons. The molecule has 1 aliphatic heterocycles. The van der Waals surface area contributed by atoms with Gasteiger partial charge in [0.05, 0.1) is 10.6 Å². The van der Waals surface area contributed by atoms with Crippen molar-refractivity contribution < 1.29 is 4.92 Å². The van der Waals surface area contributed by atoms with E-state index >= 15 is 0 Å². The lowest BCUT2D eigenvalue weighted by Gasteiger charge is -2.28. The Morgan fingerprint density at radius 2 is 2.04 bits per heavy atom. The molecular weight excluding hydrogens is 322 g/mol. The molecule has 0 spiro atoms. The number of non-ortho nitro benzene ring substituents is 1. The molecule has 0 radical (unpaired) electrons. The van der Waals surface area contributed by atoms with Gasteiger partial charge in [-0.25, -0.2) is 4.99 Å². The average molecular weight is 350 g/mol. The van der Waals surface area contributed by atoms with E-state index in [0.717, 1.165) is 29.4 Å². The number of rotatable bonds is 6. The maximum atomic E-state index is 11.0. The van der Waals surface area contributed by atoms with Gasteiger partial charge in [-0.2, -0.15) is 0 Å². The highest BCUT2D eigenvalue weighted by Crippen LogP contribution is 2.33. The van der Waals surface area contributed by atoms with Crippen molar-refractivity contribution in [3.8, 4) is 0 Å². The molecule has 1 fully saturated rings. The zero-order valence-corrected chi connectivity index (χ0v) is 16.0. The van der Waals surface area contributed by atoms with E-state index in [9.17, 15) is 10.1 Å². The fraction of sp³-hybridized carbons (Fsp3) is 0.611. The van der Waals surface area contributed by atoms with Crippen LogP contribution in [0.1, 0.15) is 39.7 Å². The molecule has 0 aromatic heterocycles. The molecule has 1 aromatic carbocycles. The average Bonchev–Trinajstić information content (AvgIpc) is 2.82. The number of thioether (sulfide) groups is 1. The van der Waals surface area contributed by atoms with E-state index in [1.54, 1.807) is 23.9 Å². The summed E-state index contributed by atoms with van der Waals surface area (Å²) in [7, 11) is 0. The van der Waals surface area contributed by atoms with Crippen molar-refractivity contribution in [3.05, 3.63) is 33.9 Å². The van der Waals surface area contributed by atoms with Crippen LogP contribution >= 0.6 is 11.8 Å². The van der Waals surface area contributed by atoms with Gasteiger partial charge in [0.15, 0.2) is 5.17 Å². The predicted molar refractivity (Wildman–Crippen MR) is 102 cm³/mol. The first-order valence-electron chi connectivity index (χ1n) is 8.51. The maximum absolute atomic E-state index is 11.0. The topological polar surface area (TPSA) is 58.7 Å². The van der Waals surface area contributed by atoms with Crippen molar-refractivity contribution in [2.24, 2.45) is 16.8 Å². The number of nitro groups is 1. The van der Waals surface area contributed by atoms with Gasteiger partial charge in [-0.05, 0) is 30.7 Å². The molecule has 1 aromatic rings. The van der Waals surface area contributed by atoms with Gasteiger partial charge < -0.3 is 4.90 Å². The maximum Gasteiger partial charge on any atom is 0.271 e. The van der Waals surface area contributed by atoms with Gasteiger partial charge in [-0.3, -0.25) is 10.1 Å². The summed E-state index contributed by atoms with van der Waals surface area (Å²) in [4.78, 5) is 17.9. The summed E-state index contributed by atoms with van der Waals surface area (Å²) in [5.41, 5.74) is 1.76. The molecule has 0 amide bonds. The fourth-order valence-corrected chi connectivity index (χ4v) is 4.10. The smallest absolute Gasteiger partial charge is 0.271 e. The zero-order chi connectivity index (χ0) is 17.9. The lowest BCUT2D eigenvalue weighted by molar-refractivity contribution is -0.384. The first kappa shape index (κ1) is 18.8. The van der Waals surface area contributed by atoms with E-state index < -0.39 is 0 Å². The number of benzene rings is 1. The van der Waals surface area contributed by atoms with Gasteiger partial charge >= 0.3 is 0 Å². The van der Waals surface area contributed by atoms with Crippen LogP contribution in [0, 0.1) is 28.9 Å². The van der Waals surface area contributed by atoms with E-state index in [1.807, 2.05) is 6.92 Å². The van der Waals surface area contributed by atoms with Crippen molar-refractivity contribution >= 4 is 28.3 Å². The quantitative estimate of drug-likeness (QED) is 0.535. The number of amidine groups is 1. The molecule has 6 heteroatoms. The number of hydrogen-bond acceptors (Lipinski definition) is 4. The summed E-state index contributed by atoms with van der Waals surface area (Å²) < 4.78 is 0. The second-order valence-electron chi connectivity index (χ2n) is 7.26. The second kappa shape index (κ2) is 8.01. The molecule has 0 bridgehead atoms. The second-order valence-corrected chi connectivity index (χ2v) is 8.25. The van der Waals surface area contributed by atoms with Crippen LogP contribution in [0.5, 0.6) is 0 Å². The largest absolute Gasteiger partial charge is 0.347 e. The van der Waals surface area contributed by atoms with Gasteiger partial charge in [0.1, 0.15) is 0 Å². The molecule has 5 nitrogen and oxygen atoms in total. The van der Waals surface area contributed by atoms with E-state index in [0.29, 0.717) is 23.6 Å². The van der Waals surface area contributed by atoms with Gasteiger partial charge in [-0.1, -0.05) is 45.5 Å². The Balaban J connectivity index is 2.32. The Labute approximate surface area is 148 Å². The van der Waals surface area contributed by atoms with Crippen LogP contribution in [-0.4, -0.2) is 33.3 Å². The van der Waals surface area contributed by atoms with Crippen molar-refractivity contribution in [1.29, 1.82) is 0 Å². The Morgan fingerprint density at radius 3 is 2.62 bits per heavy atom. The number of aryl methyl sites for hydroxylation is 1. The minimum absolute atomic E-state index is 0.0945. The molecule has 0 saturated carbocycles. The summed E-state index contributed by atoms with van der Waals surface area (Å²) in [6.45, 7) is 11.8. The molecule has 1 heterocycles. The number of nitro benzene ring substituents is 1. The van der Waals surface area contributed by atoms with E-state index in [2.05, 4.69) is 32.6 Å². The minimum atomic E-state index is -0.363.